The summed E-state index contributed by atoms with van der Waals surface area (Å²) in [5, 5.41) is 16.5. The molecule has 0 spiro atoms. The molecular formula is C88H152N6O28P6. The van der Waals surface area contributed by atoms with E-state index in [-0.39, 0.29) is 71.5 Å². The first-order valence-corrected chi connectivity index (χ1v) is 53.2. The van der Waals surface area contributed by atoms with Crippen molar-refractivity contribution in [3.63, 3.8) is 0 Å². The quantitative estimate of drug-likeness (QED) is 0.0136. The standard InChI is InChI=1S/4C15H24NO4P.2C14H28NO6P/c4*1-11(2)19-15(17)13(5)16-21(18,12(3)4)20-14-9-7-6-8-10-14;2*1-9(2)20-13(16)8-19-22(18,11(5)6)15-12(7)14(17)21-10(3)4/h4*6-13H,1-5H3,(H,16,18);2*9-12H,8H2,1-7H3,(H,15,18)/t13-,21+;3*13-,21-;12-,22+;12-,22-/m000000/s1. The van der Waals surface area contributed by atoms with Crippen LogP contribution in [0.1, 0.15) is 235 Å². The van der Waals surface area contributed by atoms with Crippen molar-refractivity contribution in [2.24, 2.45) is 0 Å². The monoisotopic (exact) mass is 1930 g/mol. The van der Waals surface area contributed by atoms with Gasteiger partial charge in [-0.25, -0.2) is 40.1 Å². The summed E-state index contributed by atoms with van der Waals surface area (Å²) >= 11 is 0. The first-order chi connectivity index (χ1) is 58.9. The topological polar surface area (TPSA) is 440 Å². The second-order valence-corrected chi connectivity index (χ2v) is 49.6. The van der Waals surface area contributed by atoms with Crippen LogP contribution in [0.25, 0.3) is 0 Å². The molecule has 34 nitrogen and oxygen atoms in total. The molecule has 0 amide bonds. The predicted octanol–water partition coefficient (Wildman–Crippen LogP) is 19.4. The minimum absolute atomic E-state index is 0.213. The second kappa shape index (κ2) is 60.9. The normalized spacial score (nSPS) is 15.6. The lowest BCUT2D eigenvalue weighted by atomic mass is 10.3. The highest BCUT2D eigenvalue weighted by molar-refractivity contribution is 7.59. The van der Waals surface area contributed by atoms with Crippen molar-refractivity contribution in [1.29, 1.82) is 0 Å². The Bertz CT molecular complexity index is 3770. The van der Waals surface area contributed by atoms with Gasteiger partial charge < -0.3 is 65.0 Å². The van der Waals surface area contributed by atoms with Crippen LogP contribution in [0.3, 0.4) is 0 Å². The van der Waals surface area contributed by atoms with Crippen LogP contribution >= 0.6 is 45.1 Å². The number of carbonyl (C=O) groups excluding carboxylic acids is 8. The Morgan fingerprint density at radius 2 is 0.344 bits per heavy atom. The number of para-hydroxylation sites is 4. The van der Waals surface area contributed by atoms with Gasteiger partial charge in [0, 0.05) is 11.3 Å². The highest BCUT2D eigenvalue weighted by Crippen LogP contribution is 2.53. The molecule has 128 heavy (non-hydrogen) atoms. The molecule has 0 fully saturated rings. The Morgan fingerprint density at radius 1 is 0.211 bits per heavy atom. The average molecular weight is 1930 g/mol. The molecule has 4 aromatic rings. The van der Waals surface area contributed by atoms with Crippen LogP contribution in [0.4, 0.5) is 0 Å². The van der Waals surface area contributed by atoms with E-state index in [0.29, 0.717) is 23.0 Å². The largest absolute Gasteiger partial charge is 0.462 e. The molecule has 732 valence electrons. The number of benzene rings is 4. The van der Waals surface area contributed by atoms with E-state index < -0.39 is 154 Å². The third-order valence-corrected chi connectivity index (χ3v) is 31.6. The van der Waals surface area contributed by atoms with Crippen LogP contribution in [0.5, 0.6) is 23.0 Å². The molecule has 4 aromatic carbocycles. The van der Waals surface area contributed by atoms with Gasteiger partial charge >= 0.3 is 77.8 Å². The van der Waals surface area contributed by atoms with Crippen molar-refractivity contribution in [1.82, 2.24) is 30.5 Å². The van der Waals surface area contributed by atoms with Crippen LogP contribution < -0.4 is 48.6 Å². The number of ether oxygens (including phenoxy) is 8. The molecule has 40 heteroatoms. The van der Waals surface area contributed by atoms with Gasteiger partial charge in [0.1, 0.15) is 59.2 Å². The number of rotatable bonds is 46. The van der Waals surface area contributed by atoms with Gasteiger partial charge in [-0.3, -0.25) is 56.2 Å². The van der Waals surface area contributed by atoms with Gasteiger partial charge in [0.2, 0.25) is 0 Å². The zero-order valence-electron chi connectivity index (χ0n) is 81.6. The van der Waals surface area contributed by atoms with Crippen LogP contribution in [0.15, 0.2) is 121 Å². The minimum Gasteiger partial charge on any atom is -0.462 e. The van der Waals surface area contributed by atoms with Crippen molar-refractivity contribution in [3.05, 3.63) is 121 Å². The zero-order chi connectivity index (χ0) is 99.2. The van der Waals surface area contributed by atoms with Crippen LogP contribution in [-0.4, -0.2) is 180 Å². The summed E-state index contributed by atoms with van der Waals surface area (Å²) in [5.41, 5.74) is -1.90. The first-order valence-electron chi connectivity index (χ1n) is 43.1. The Balaban J connectivity index is 0. The fourth-order valence-electron chi connectivity index (χ4n) is 9.18. The predicted molar refractivity (Wildman–Crippen MR) is 502 cm³/mol. The number of nitrogens with one attached hydrogen (secondary N) is 6. The summed E-state index contributed by atoms with van der Waals surface area (Å²) in [7, 11) is -19.7. The van der Waals surface area contributed by atoms with E-state index in [9.17, 15) is 65.7 Å². The number of carbonyl (C=O) groups is 8. The second-order valence-electron chi connectivity index (χ2n) is 33.4. The molecule has 0 bridgehead atoms. The Hall–Kier alpha value is -7.10. The molecule has 12 atom stereocenters. The number of hydrogen-bond acceptors (Lipinski definition) is 28. The third-order valence-electron chi connectivity index (χ3n) is 16.0. The maximum absolute atomic E-state index is 12.9. The van der Waals surface area contributed by atoms with Crippen LogP contribution in [0.2, 0.25) is 0 Å². The zero-order valence-corrected chi connectivity index (χ0v) is 87.0. The van der Waals surface area contributed by atoms with Crippen molar-refractivity contribution >= 4 is 92.9 Å². The van der Waals surface area contributed by atoms with Gasteiger partial charge in [-0.1, -0.05) is 156 Å². The summed E-state index contributed by atoms with van der Waals surface area (Å²) < 4.78 is 151. The fraction of sp³-hybridized carbons (Fsp3) is 0.636. The van der Waals surface area contributed by atoms with E-state index in [1.165, 1.54) is 13.8 Å². The minimum atomic E-state index is -3.39. The lowest BCUT2D eigenvalue weighted by Gasteiger charge is -2.26. The van der Waals surface area contributed by atoms with Gasteiger partial charge in [-0.15, -0.1) is 0 Å². The summed E-state index contributed by atoms with van der Waals surface area (Å²) in [4.78, 5) is 93.9. The van der Waals surface area contributed by atoms with E-state index in [1.54, 1.807) is 319 Å². The van der Waals surface area contributed by atoms with Gasteiger partial charge in [-0.05, 0) is 201 Å². The van der Waals surface area contributed by atoms with E-state index in [2.05, 4.69) is 30.5 Å². The molecule has 0 saturated heterocycles. The highest BCUT2D eigenvalue weighted by Gasteiger charge is 2.40. The first kappa shape index (κ1) is 123. The van der Waals surface area contributed by atoms with E-state index in [0.717, 1.165) is 0 Å². The molecule has 0 aliphatic carbocycles. The third kappa shape index (κ3) is 51.6. The summed E-state index contributed by atoms with van der Waals surface area (Å²) in [6, 6.07) is 31.2. The fourth-order valence-corrected chi connectivity index (χ4v) is 19.0. The van der Waals surface area contributed by atoms with Gasteiger partial charge in [0.15, 0.2) is 13.2 Å². The van der Waals surface area contributed by atoms with E-state index in [1.807, 2.05) is 24.3 Å². The van der Waals surface area contributed by atoms with Crippen LogP contribution in [0, 0.1) is 0 Å². The SMILES string of the molecule is CC(C)OC(=O)CO[P@@](=O)(N[C@@H](C)C(=O)OC(C)C)C(C)C.CC(C)OC(=O)CO[P@](=O)(N[C@@H](C)C(=O)OC(C)C)C(C)C.CC(C)OC(=O)[C@H](C)N[P@@](=O)(Oc1ccccc1)C(C)C.CC(C)OC(=O)[C@H](C)N[P@@](=O)(Oc1ccccc1)C(C)C.CC(C)OC(=O)[C@H](C)N[P@@](=O)(Oc1ccccc1)C(C)C.CC(C)OC(=O)[C@H](C)N[P@](=O)(Oc1ccccc1)C(C)C. The molecule has 0 saturated carbocycles. The van der Waals surface area contributed by atoms with Crippen molar-refractivity contribution in [2.45, 2.75) is 354 Å². The van der Waals surface area contributed by atoms with Crippen molar-refractivity contribution in [3.8, 4) is 23.0 Å². The summed E-state index contributed by atoms with van der Waals surface area (Å²) in [6.45, 7) is 57.6. The number of esters is 8. The van der Waals surface area contributed by atoms with Crippen molar-refractivity contribution < 1.29 is 131 Å². The maximum Gasteiger partial charge on any atom is 0.332 e. The number of hydrogen-bond donors (Lipinski definition) is 6. The molecule has 0 radical (unpaired) electrons. The highest BCUT2D eigenvalue weighted by atomic mass is 31.2. The van der Waals surface area contributed by atoms with Gasteiger partial charge in [-0.2, -0.15) is 0 Å². The maximum atomic E-state index is 12.9. The average Bonchev–Trinajstić information content (AvgIpc) is 0.845. The lowest BCUT2D eigenvalue weighted by Crippen LogP contribution is -2.37. The van der Waals surface area contributed by atoms with E-state index in [4.69, 9.17) is 65.0 Å². The Morgan fingerprint density at radius 3 is 0.469 bits per heavy atom. The van der Waals surface area contributed by atoms with Crippen LogP contribution in [-0.2, 0) is 113 Å². The van der Waals surface area contributed by atoms with Gasteiger partial charge in [0.05, 0.1) is 71.5 Å². The Labute approximate surface area is 762 Å². The lowest BCUT2D eigenvalue weighted by molar-refractivity contribution is -0.151. The Kier molecular flexibility index (Phi) is 58.4. The molecule has 0 aromatic heterocycles. The molecule has 0 aliphatic rings. The smallest absolute Gasteiger partial charge is 0.332 e. The molecule has 0 heterocycles. The molecule has 6 N–H and O–H groups in total. The van der Waals surface area contributed by atoms with E-state index >= 15 is 0 Å². The summed E-state index contributed by atoms with van der Waals surface area (Å²) in [5.74, 6) is -2.00. The van der Waals surface area contributed by atoms with Gasteiger partial charge in [0.25, 0.3) is 15.0 Å². The van der Waals surface area contributed by atoms with Crippen molar-refractivity contribution in [2.75, 3.05) is 13.2 Å². The molecule has 0 unspecified atom stereocenters. The summed E-state index contributed by atoms with van der Waals surface area (Å²) in [6.07, 6.45) is -1.94. The molecule has 4 rings (SSSR count). The molecule has 0 aliphatic heterocycles. The molecular weight excluding hydrogens is 1770 g/mol.